The molecule has 3 saturated carbocycles. The van der Waals surface area contributed by atoms with Crippen molar-refractivity contribution in [3.63, 3.8) is 0 Å². The molecule has 5 aliphatic rings. The van der Waals surface area contributed by atoms with Gasteiger partial charge in [0, 0.05) is 35.6 Å². The van der Waals surface area contributed by atoms with E-state index in [2.05, 4.69) is 28.0 Å². The minimum Gasteiger partial charge on any atom is -0.375 e. The molecule has 0 bridgehead atoms. The van der Waals surface area contributed by atoms with E-state index in [1.165, 1.54) is 5.71 Å². The Morgan fingerprint density at radius 2 is 1.81 bits per heavy atom. The number of ether oxygens (including phenoxy) is 1. The van der Waals surface area contributed by atoms with Crippen molar-refractivity contribution in [2.24, 2.45) is 22.6 Å². The molecule has 5 rings (SSSR count). The third-order valence-corrected chi connectivity index (χ3v) is 9.80. The molecule has 6 atom stereocenters. The summed E-state index contributed by atoms with van der Waals surface area (Å²) in [6.45, 7) is 4.85. The van der Waals surface area contributed by atoms with E-state index in [1.54, 1.807) is 0 Å². The lowest BCUT2D eigenvalue weighted by molar-refractivity contribution is -0.121. The van der Waals surface area contributed by atoms with Crippen LogP contribution in [0.4, 0.5) is 0 Å². The molecule has 0 radical (unpaired) electrons. The van der Waals surface area contributed by atoms with Crippen LogP contribution in [0.2, 0.25) is 0 Å². The second-order valence-corrected chi connectivity index (χ2v) is 12.5. The second-order valence-electron chi connectivity index (χ2n) is 11.9. The quantitative estimate of drug-likeness (QED) is 0.400. The summed E-state index contributed by atoms with van der Waals surface area (Å²) in [4.78, 5) is 20.8. The summed E-state index contributed by atoms with van der Waals surface area (Å²) in [6, 6.07) is 0.634. The van der Waals surface area contributed by atoms with Crippen LogP contribution in [0.25, 0.3) is 0 Å². The predicted octanol–water partition coefficient (Wildman–Crippen LogP) is 3.04. The van der Waals surface area contributed by atoms with E-state index in [-0.39, 0.29) is 35.8 Å². The molecule has 4 fully saturated rings. The highest BCUT2D eigenvalue weighted by Crippen LogP contribution is 2.42. The smallest absolute Gasteiger partial charge is 0.222 e. The number of alkyl halides is 1. The van der Waals surface area contributed by atoms with Gasteiger partial charge in [-0.3, -0.25) is 14.7 Å². The number of hydrogen-bond donors (Lipinski definition) is 4. The standard InChI is InChI=1S/C27H47ClN6O2/c1-3-30-25(35)15-23-27-33-32-16(2)34(27)24-13-12-21(36-20-10-8-19(29)9-11-20)14-22(24)26(31-23)17-4-6-18(28)7-5-17/h16-24,27,32-33H,3-15,29H2,1-2H3,(H,30,35)/t16?,17?,18?,19?,20?,21?,22?,23-,24?,27?/m0/s1. The zero-order valence-electron chi connectivity index (χ0n) is 22.1. The van der Waals surface area contributed by atoms with Crippen molar-refractivity contribution in [2.45, 2.75) is 139 Å². The predicted molar refractivity (Wildman–Crippen MR) is 144 cm³/mol. The van der Waals surface area contributed by atoms with Gasteiger partial charge in [0.1, 0.15) is 0 Å². The monoisotopic (exact) mass is 522 g/mol. The Kier molecular flexibility index (Phi) is 8.91. The Hall–Kier alpha value is -0.770. The van der Waals surface area contributed by atoms with Crippen molar-refractivity contribution in [2.75, 3.05) is 6.54 Å². The molecule has 1 amide bonds. The summed E-state index contributed by atoms with van der Waals surface area (Å²) >= 11 is 6.51. The molecule has 2 aliphatic heterocycles. The summed E-state index contributed by atoms with van der Waals surface area (Å²) < 4.78 is 6.74. The fourth-order valence-corrected chi connectivity index (χ4v) is 7.78. The van der Waals surface area contributed by atoms with Gasteiger partial charge in [0.05, 0.1) is 37.0 Å². The van der Waals surface area contributed by atoms with Gasteiger partial charge >= 0.3 is 0 Å². The van der Waals surface area contributed by atoms with Crippen LogP contribution in [0.5, 0.6) is 0 Å². The van der Waals surface area contributed by atoms with Crippen molar-refractivity contribution in [3.8, 4) is 0 Å². The molecule has 204 valence electrons. The van der Waals surface area contributed by atoms with E-state index in [0.29, 0.717) is 43.0 Å². The average molecular weight is 523 g/mol. The van der Waals surface area contributed by atoms with Crippen molar-refractivity contribution < 1.29 is 9.53 Å². The Labute approximate surface area is 221 Å². The van der Waals surface area contributed by atoms with Gasteiger partial charge in [-0.1, -0.05) is 0 Å². The molecular weight excluding hydrogens is 476 g/mol. The number of fused-ring (bicyclic) bond motifs is 3. The molecule has 1 saturated heterocycles. The number of hydrogen-bond acceptors (Lipinski definition) is 7. The van der Waals surface area contributed by atoms with Crippen LogP contribution in [0.1, 0.15) is 90.9 Å². The van der Waals surface area contributed by atoms with E-state index in [0.717, 1.165) is 70.6 Å². The van der Waals surface area contributed by atoms with Gasteiger partial charge in [0.15, 0.2) is 0 Å². The van der Waals surface area contributed by atoms with E-state index >= 15 is 0 Å². The van der Waals surface area contributed by atoms with Crippen LogP contribution in [0.15, 0.2) is 4.99 Å². The maximum Gasteiger partial charge on any atom is 0.222 e. The lowest BCUT2D eigenvalue weighted by Gasteiger charge is -2.45. The van der Waals surface area contributed by atoms with Gasteiger partial charge in [-0.15, -0.1) is 11.6 Å². The third-order valence-electron chi connectivity index (χ3n) is 9.36. The highest BCUT2D eigenvalue weighted by Gasteiger charge is 2.50. The van der Waals surface area contributed by atoms with Gasteiger partial charge in [-0.2, -0.15) is 0 Å². The van der Waals surface area contributed by atoms with Crippen molar-refractivity contribution in [3.05, 3.63) is 0 Å². The molecule has 0 aromatic carbocycles. The number of hydrazine groups is 1. The van der Waals surface area contributed by atoms with Gasteiger partial charge in [-0.05, 0) is 90.4 Å². The Morgan fingerprint density at radius 3 is 2.53 bits per heavy atom. The molecule has 8 nitrogen and oxygen atoms in total. The SMILES string of the molecule is CCNC(=O)C[C@@H]1N=C(C2CCC(Cl)CC2)C2CC(OC3CCC(N)CC3)CCC2N2C(C)NNC12. The van der Waals surface area contributed by atoms with Gasteiger partial charge in [-0.25, -0.2) is 10.9 Å². The number of nitrogens with one attached hydrogen (secondary N) is 3. The molecule has 2 heterocycles. The minimum absolute atomic E-state index is 0.0225. The van der Waals surface area contributed by atoms with Crippen LogP contribution in [0, 0.1) is 11.8 Å². The summed E-state index contributed by atoms with van der Waals surface area (Å²) in [6.07, 6.45) is 13.1. The van der Waals surface area contributed by atoms with Gasteiger partial charge < -0.3 is 15.8 Å². The lowest BCUT2D eigenvalue weighted by atomic mass is 9.72. The third kappa shape index (κ3) is 5.94. The van der Waals surface area contributed by atoms with Crippen LogP contribution in [-0.2, 0) is 9.53 Å². The van der Waals surface area contributed by atoms with Gasteiger partial charge in [0.25, 0.3) is 0 Å². The highest BCUT2D eigenvalue weighted by molar-refractivity contribution is 6.20. The largest absolute Gasteiger partial charge is 0.375 e. The molecule has 36 heavy (non-hydrogen) atoms. The molecular formula is C27H47ClN6O2. The van der Waals surface area contributed by atoms with E-state index in [1.807, 2.05) is 6.92 Å². The summed E-state index contributed by atoms with van der Waals surface area (Å²) in [5.74, 6) is 0.897. The molecule has 5 N–H and O–H groups in total. The first-order valence-corrected chi connectivity index (χ1v) is 15.0. The summed E-state index contributed by atoms with van der Waals surface area (Å²) in [5.41, 5.74) is 14.5. The first-order valence-electron chi connectivity index (χ1n) is 14.6. The average Bonchev–Trinajstić information content (AvgIpc) is 3.19. The van der Waals surface area contributed by atoms with E-state index in [9.17, 15) is 4.79 Å². The van der Waals surface area contributed by atoms with Crippen LogP contribution in [0.3, 0.4) is 0 Å². The Morgan fingerprint density at radius 1 is 1.08 bits per heavy atom. The number of aliphatic imine (C=N–C) groups is 1. The topological polar surface area (TPSA) is 104 Å². The highest BCUT2D eigenvalue weighted by atomic mass is 35.5. The Bertz CT molecular complexity index is 782. The van der Waals surface area contributed by atoms with Crippen molar-refractivity contribution in [1.29, 1.82) is 0 Å². The van der Waals surface area contributed by atoms with E-state index < -0.39 is 0 Å². The van der Waals surface area contributed by atoms with Crippen LogP contribution < -0.4 is 21.9 Å². The maximum atomic E-state index is 12.7. The number of amides is 1. The number of nitrogens with two attached hydrogens (primary N) is 1. The molecule has 0 aromatic rings. The van der Waals surface area contributed by atoms with Crippen molar-refractivity contribution >= 4 is 23.2 Å². The van der Waals surface area contributed by atoms with Crippen LogP contribution >= 0.6 is 11.6 Å². The zero-order chi connectivity index (χ0) is 25.2. The fraction of sp³-hybridized carbons (Fsp3) is 0.926. The molecule has 9 heteroatoms. The minimum atomic E-state index is -0.109. The Balaban J connectivity index is 1.41. The first kappa shape index (κ1) is 26.8. The second kappa shape index (κ2) is 12.0. The molecule has 0 aromatic heterocycles. The summed E-state index contributed by atoms with van der Waals surface area (Å²) in [5, 5.41) is 3.28. The number of carbonyl (C=O) groups is 1. The number of rotatable bonds is 6. The molecule has 0 spiro atoms. The number of halogens is 1. The summed E-state index contributed by atoms with van der Waals surface area (Å²) in [7, 11) is 0. The maximum absolute atomic E-state index is 12.7. The van der Waals surface area contributed by atoms with Gasteiger partial charge in [0.2, 0.25) is 5.91 Å². The van der Waals surface area contributed by atoms with E-state index in [4.69, 9.17) is 27.1 Å². The number of nitrogens with zero attached hydrogens (tertiary/aromatic N) is 2. The van der Waals surface area contributed by atoms with Crippen molar-refractivity contribution in [1.82, 2.24) is 21.1 Å². The normalized spacial score (nSPS) is 43.7. The van der Waals surface area contributed by atoms with Crippen LogP contribution in [-0.4, -0.2) is 71.1 Å². The number of carbonyl (C=O) groups excluding carboxylic acids is 1. The molecule has 3 aliphatic carbocycles. The first-order chi connectivity index (χ1) is 17.4. The zero-order valence-corrected chi connectivity index (χ0v) is 22.9. The lowest BCUT2D eigenvalue weighted by Crippen LogP contribution is -2.55. The molecule has 5 unspecified atom stereocenters. The fourth-order valence-electron chi connectivity index (χ4n) is 7.53.